The van der Waals surface area contributed by atoms with Gasteiger partial charge in [0.2, 0.25) is 0 Å². The monoisotopic (exact) mass is 280 g/mol. The summed E-state index contributed by atoms with van der Waals surface area (Å²) in [4.78, 5) is 0. The molecule has 102 valence electrons. The molecule has 0 radical (unpaired) electrons. The third-order valence-corrected chi connectivity index (χ3v) is 1.77. The molecule has 0 spiro atoms. The minimum atomic E-state index is -0.167. The maximum Gasteiger partial charge on any atom is 2.00 e. The van der Waals surface area contributed by atoms with E-state index in [-0.39, 0.29) is 46.0 Å². The SMILES string of the molecule is CC(C)O.CC(C)O.[NH-][C@@H]1CCCC[C@H]1[NH-].[Ti+2]. The van der Waals surface area contributed by atoms with Crippen molar-refractivity contribution in [1.29, 1.82) is 0 Å². The minimum absolute atomic E-state index is 0. The van der Waals surface area contributed by atoms with Gasteiger partial charge in [-0.05, 0) is 27.7 Å². The van der Waals surface area contributed by atoms with Crippen LogP contribution in [-0.4, -0.2) is 34.5 Å². The molecule has 4 N–H and O–H groups in total. The van der Waals surface area contributed by atoms with Crippen LogP contribution in [0.2, 0.25) is 0 Å². The number of aliphatic hydroxyl groups is 2. The minimum Gasteiger partial charge on any atom is -0.676 e. The van der Waals surface area contributed by atoms with Gasteiger partial charge in [-0.25, -0.2) is 0 Å². The van der Waals surface area contributed by atoms with Crippen LogP contribution >= 0.6 is 0 Å². The molecule has 0 saturated heterocycles. The van der Waals surface area contributed by atoms with E-state index in [0.29, 0.717) is 0 Å². The molecule has 0 heterocycles. The normalized spacial score (nSPS) is 22.9. The summed E-state index contributed by atoms with van der Waals surface area (Å²) in [7, 11) is 0. The molecule has 0 aliphatic heterocycles. The first-order valence-electron chi connectivity index (χ1n) is 6.05. The fourth-order valence-corrected chi connectivity index (χ4v) is 1.13. The summed E-state index contributed by atoms with van der Waals surface area (Å²) in [6.07, 6.45) is 3.91. The zero-order valence-electron chi connectivity index (χ0n) is 11.5. The fraction of sp³-hybridized carbons (Fsp3) is 1.00. The molecule has 1 rings (SSSR count). The van der Waals surface area contributed by atoms with Crippen LogP contribution in [0, 0.1) is 0 Å². The van der Waals surface area contributed by atoms with Crippen molar-refractivity contribution in [2.24, 2.45) is 0 Å². The first kappa shape index (κ1) is 22.7. The molecule has 1 saturated carbocycles. The van der Waals surface area contributed by atoms with E-state index in [1.54, 1.807) is 27.7 Å². The van der Waals surface area contributed by atoms with Crippen LogP contribution in [0.15, 0.2) is 0 Å². The van der Waals surface area contributed by atoms with E-state index in [2.05, 4.69) is 0 Å². The number of hydrogen-bond acceptors (Lipinski definition) is 2. The van der Waals surface area contributed by atoms with Crippen LogP contribution in [0.5, 0.6) is 0 Å². The second-order valence-electron chi connectivity index (χ2n) is 4.68. The predicted octanol–water partition coefficient (Wildman–Crippen LogP) is 3.17. The average Bonchev–Trinajstić information content (AvgIpc) is 2.08. The van der Waals surface area contributed by atoms with Crippen molar-refractivity contribution in [2.45, 2.75) is 77.7 Å². The number of nitrogens with one attached hydrogen (secondary N) is 2. The molecule has 0 aromatic heterocycles. The van der Waals surface area contributed by atoms with Crippen LogP contribution in [0.1, 0.15) is 53.4 Å². The fourth-order valence-electron chi connectivity index (χ4n) is 1.13. The summed E-state index contributed by atoms with van der Waals surface area (Å²) in [6.45, 7) is 6.89. The van der Waals surface area contributed by atoms with Crippen LogP contribution in [0.4, 0.5) is 0 Å². The molecule has 1 fully saturated rings. The Morgan fingerprint density at radius 1 is 0.824 bits per heavy atom. The summed E-state index contributed by atoms with van der Waals surface area (Å²) in [5.41, 5.74) is 14.6. The Kier molecular flexibility index (Phi) is 19.5. The van der Waals surface area contributed by atoms with Gasteiger partial charge < -0.3 is 21.7 Å². The van der Waals surface area contributed by atoms with Gasteiger partial charge in [-0.15, -0.1) is 0 Å². The molecule has 2 atom stereocenters. The van der Waals surface area contributed by atoms with E-state index in [9.17, 15) is 0 Å². The molecule has 1 aliphatic carbocycles. The third-order valence-electron chi connectivity index (χ3n) is 1.77. The van der Waals surface area contributed by atoms with Gasteiger partial charge in [0.1, 0.15) is 0 Å². The Morgan fingerprint density at radius 3 is 1.12 bits per heavy atom. The maximum absolute atomic E-state index is 8.06. The van der Waals surface area contributed by atoms with Gasteiger partial charge in [0, 0.05) is 12.2 Å². The van der Waals surface area contributed by atoms with E-state index in [0.717, 1.165) is 12.8 Å². The Balaban J connectivity index is -0.000000189. The quantitative estimate of drug-likeness (QED) is 0.667. The molecular formula is C12H28N2O2Ti. The number of rotatable bonds is 0. The largest absolute Gasteiger partial charge is 2.00 e. The van der Waals surface area contributed by atoms with Crippen molar-refractivity contribution in [1.82, 2.24) is 0 Å². The van der Waals surface area contributed by atoms with Crippen LogP contribution < -0.4 is 0 Å². The number of hydrogen-bond donors (Lipinski definition) is 2. The molecule has 4 nitrogen and oxygen atoms in total. The van der Waals surface area contributed by atoms with Crippen molar-refractivity contribution in [3.63, 3.8) is 0 Å². The van der Waals surface area contributed by atoms with E-state index < -0.39 is 0 Å². The van der Waals surface area contributed by atoms with Crippen LogP contribution in [-0.2, 0) is 21.7 Å². The summed E-state index contributed by atoms with van der Waals surface area (Å²) in [5.74, 6) is 0. The second kappa shape index (κ2) is 14.6. The third kappa shape index (κ3) is 26.3. The molecule has 0 bridgehead atoms. The van der Waals surface area contributed by atoms with Gasteiger partial charge in [0.25, 0.3) is 0 Å². The van der Waals surface area contributed by atoms with E-state index in [1.807, 2.05) is 0 Å². The summed E-state index contributed by atoms with van der Waals surface area (Å²) >= 11 is 0. The van der Waals surface area contributed by atoms with E-state index in [1.165, 1.54) is 12.8 Å². The van der Waals surface area contributed by atoms with Gasteiger partial charge in [-0.1, -0.05) is 25.7 Å². The Hall–Kier alpha value is 0.554. The molecule has 0 amide bonds. The molecule has 5 heteroatoms. The molecule has 0 aromatic rings. The second-order valence-corrected chi connectivity index (χ2v) is 4.68. The van der Waals surface area contributed by atoms with Crippen LogP contribution in [0.25, 0.3) is 11.5 Å². The van der Waals surface area contributed by atoms with E-state index in [4.69, 9.17) is 21.7 Å². The van der Waals surface area contributed by atoms with Crippen molar-refractivity contribution in [2.75, 3.05) is 0 Å². The van der Waals surface area contributed by atoms with Crippen molar-refractivity contribution >= 4 is 0 Å². The smallest absolute Gasteiger partial charge is 0.676 e. The van der Waals surface area contributed by atoms with Gasteiger partial charge in [0.05, 0.1) is 0 Å². The topological polar surface area (TPSA) is 88.1 Å². The Bertz CT molecular complexity index is 125. The summed E-state index contributed by atoms with van der Waals surface area (Å²) in [5, 5.41) is 16.1. The van der Waals surface area contributed by atoms with E-state index >= 15 is 0 Å². The Labute approximate surface area is 121 Å². The molecule has 0 unspecified atom stereocenters. The van der Waals surface area contributed by atoms with Crippen molar-refractivity contribution in [3.05, 3.63) is 11.5 Å². The predicted molar refractivity (Wildman–Crippen MR) is 69.4 cm³/mol. The van der Waals surface area contributed by atoms with Gasteiger partial charge in [0.15, 0.2) is 0 Å². The van der Waals surface area contributed by atoms with Crippen molar-refractivity contribution in [3.8, 4) is 0 Å². The first-order valence-corrected chi connectivity index (χ1v) is 6.05. The molecule has 17 heavy (non-hydrogen) atoms. The van der Waals surface area contributed by atoms with Gasteiger partial charge >= 0.3 is 21.7 Å². The summed E-state index contributed by atoms with van der Waals surface area (Å²) < 4.78 is 0. The molecule has 0 aromatic carbocycles. The average molecular weight is 280 g/mol. The standard InChI is InChI=1S/C6H12N2.2C3H8O.Ti/c7-5-3-1-2-4-6(5)8;2*1-3(2)4;/h5-8H,1-4H2;2*3-4H,1-2H3;/q-2;;;+2/t5-,6-;;;/m1.../s1. The zero-order valence-corrected chi connectivity index (χ0v) is 13.1. The number of aliphatic hydroxyl groups excluding tert-OH is 2. The molecular weight excluding hydrogens is 252 g/mol. The molecule has 1 aliphatic rings. The van der Waals surface area contributed by atoms with Gasteiger partial charge in [-0.2, -0.15) is 12.1 Å². The van der Waals surface area contributed by atoms with Gasteiger partial charge in [-0.3, -0.25) is 0 Å². The first-order chi connectivity index (χ1) is 7.27. The zero-order chi connectivity index (χ0) is 13.1. The maximum atomic E-state index is 8.06. The van der Waals surface area contributed by atoms with Crippen molar-refractivity contribution < 1.29 is 31.9 Å². The van der Waals surface area contributed by atoms with Crippen LogP contribution in [0.3, 0.4) is 0 Å². The summed E-state index contributed by atoms with van der Waals surface area (Å²) in [6, 6.07) is -0.160. The Morgan fingerprint density at radius 2 is 1.00 bits per heavy atom.